The van der Waals surface area contributed by atoms with Crippen molar-refractivity contribution in [2.24, 2.45) is 0 Å². The van der Waals surface area contributed by atoms with E-state index in [1.165, 1.54) is 12.1 Å². The quantitative estimate of drug-likeness (QED) is 0.803. The Bertz CT molecular complexity index is 527. The molecule has 7 nitrogen and oxygen atoms in total. The molecule has 0 unspecified atom stereocenters. The van der Waals surface area contributed by atoms with Gasteiger partial charge in [-0.3, -0.25) is 9.69 Å². The summed E-state index contributed by atoms with van der Waals surface area (Å²) in [5, 5.41) is 11.7. The molecule has 0 saturated carbocycles. The summed E-state index contributed by atoms with van der Waals surface area (Å²) in [4.78, 5) is 29.1. The van der Waals surface area contributed by atoms with Crippen LogP contribution in [-0.2, 0) is 4.74 Å². The average Bonchev–Trinajstić information content (AvgIpc) is 2.47. The second-order valence-electron chi connectivity index (χ2n) is 4.84. The van der Waals surface area contributed by atoms with Gasteiger partial charge in [0, 0.05) is 26.2 Å². The zero-order valence-electron chi connectivity index (χ0n) is 12.0. The number of carbonyl (C=O) groups excluding carboxylic acids is 1. The molecule has 21 heavy (non-hydrogen) atoms. The number of aromatic carboxylic acids is 1. The summed E-state index contributed by atoms with van der Waals surface area (Å²) in [7, 11) is 0. The van der Waals surface area contributed by atoms with Crippen LogP contribution in [0.4, 0.5) is 0 Å². The molecule has 1 aromatic rings. The highest BCUT2D eigenvalue weighted by atomic mass is 16.5. The maximum absolute atomic E-state index is 12.0. The predicted octanol–water partition coefficient (Wildman–Crippen LogP) is 0.150. The van der Waals surface area contributed by atoms with Crippen molar-refractivity contribution in [2.75, 3.05) is 39.4 Å². The van der Waals surface area contributed by atoms with E-state index < -0.39 is 5.97 Å². The Labute approximate surface area is 122 Å². The second kappa shape index (κ2) is 7.14. The third-order valence-corrected chi connectivity index (χ3v) is 3.37. The third-order valence-electron chi connectivity index (χ3n) is 3.37. The van der Waals surface area contributed by atoms with Gasteiger partial charge in [0.15, 0.2) is 0 Å². The van der Waals surface area contributed by atoms with Crippen LogP contribution >= 0.6 is 0 Å². The summed E-state index contributed by atoms with van der Waals surface area (Å²) < 4.78 is 5.25. The minimum atomic E-state index is -1.04. The minimum absolute atomic E-state index is 0.111. The van der Waals surface area contributed by atoms with Gasteiger partial charge in [0.25, 0.3) is 5.91 Å². The minimum Gasteiger partial charge on any atom is -0.478 e. The molecule has 114 valence electrons. The fourth-order valence-electron chi connectivity index (χ4n) is 2.16. The SMILES string of the molecule is Cc1nc(C(=O)NCCN2CCOCC2)ccc1C(=O)O. The fourth-order valence-corrected chi connectivity index (χ4v) is 2.16. The number of aryl methyl sites for hydroxylation is 1. The summed E-state index contributed by atoms with van der Waals surface area (Å²) in [5.41, 5.74) is 0.683. The second-order valence-corrected chi connectivity index (χ2v) is 4.84. The van der Waals surface area contributed by atoms with Gasteiger partial charge in [-0.15, -0.1) is 0 Å². The molecule has 2 rings (SSSR count). The van der Waals surface area contributed by atoms with Crippen molar-refractivity contribution in [1.82, 2.24) is 15.2 Å². The molecule has 1 saturated heterocycles. The van der Waals surface area contributed by atoms with Gasteiger partial charge in [-0.25, -0.2) is 9.78 Å². The zero-order valence-corrected chi connectivity index (χ0v) is 12.0. The van der Waals surface area contributed by atoms with E-state index in [9.17, 15) is 9.59 Å². The number of nitrogens with zero attached hydrogens (tertiary/aromatic N) is 2. The van der Waals surface area contributed by atoms with Crippen LogP contribution in [0.1, 0.15) is 26.5 Å². The topological polar surface area (TPSA) is 91.8 Å². The van der Waals surface area contributed by atoms with E-state index in [0.29, 0.717) is 12.2 Å². The van der Waals surface area contributed by atoms with Gasteiger partial charge >= 0.3 is 5.97 Å². The van der Waals surface area contributed by atoms with E-state index in [1.54, 1.807) is 6.92 Å². The molecule has 0 bridgehead atoms. The Hall–Kier alpha value is -1.99. The first kappa shape index (κ1) is 15.4. The number of hydrogen-bond donors (Lipinski definition) is 2. The number of nitrogens with one attached hydrogen (secondary N) is 1. The lowest BCUT2D eigenvalue weighted by Crippen LogP contribution is -2.41. The standard InChI is InChI=1S/C14H19N3O4/c1-10-11(14(19)20)2-3-12(16-10)13(18)15-4-5-17-6-8-21-9-7-17/h2-3H,4-9H2,1H3,(H,15,18)(H,19,20). The van der Waals surface area contributed by atoms with Gasteiger partial charge in [0.05, 0.1) is 24.5 Å². The number of hydrogen-bond acceptors (Lipinski definition) is 5. The maximum Gasteiger partial charge on any atom is 0.337 e. The number of morpholine rings is 1. The number of carboxylic acid groups (broad SMARTS) is 1. The highest BCUT2D eigenvalue weighted by Gasteiger charge is 2.14. The number of carboxylic acids is 1. The molecule has 2 heterocycles. The molecule has 0 spiro atoms. The molecule has 0 radical (unpaired) electrons. The van der Waals surface area contributed by atoms with Crippen molar-refractivity contribution < 1.29 is 19.4 Å². The van der Waals surface area contributed by atoms with Gasteiger partial charge in [-0.2, -0.15) is 0 Å². The lowest BCUT2D eigenvalue weighted by atomic mass is 10.2. The van der Waals surface area contributed by atoms with Crippen LogP contribution < -0.4 is 5.32 Å². The smallest absolute Gasteiger partial charge is 0.337 e. The first-order chi connectivity index (χ1) is 10.1. The maximum atomic E-state index is 12.0. The molecular formula is C14H19N3O4. The van der Waals surface area contributed by atoms with Crippen molar-refractivity contribution >= 4 is 11.9 Å². The summed E-state index contributed by atoms with van der Waals surface area (Å²) in [6.45, 7) is 6.08. The first-order valence-electron chi connectivity index (χ1n) is 6.87. The Kier molecular flexibility index (Phi) is 5.24. The number of aromatic nitrogens is 1. The monoisotopic (exact) mass is 293 g/mol. The van der Waals surface area contributed by atoms with Crippen LogP contribution in [0.25, 0.3) is 0 Å². The van der Waals surface area contributed by atoms with E-state index in [2.05, 4.69) is 15.2 Å². The van der Waals surface area contributed by atoms with Crippen LogP contribution in [-0.4, -0.2) is 66.3 Å². The molecule has 1 amide bonds. The highest BCUT2D eigenvalue weighted by Crippen LogP contribution is 2.07. The molecule has 0 atom stereocenters. The summed E-state index contributed by atoms with van der Waals surface area (Å²) in [5.74, 6) is -1.33. The number of pyridine rings is 1. The lowest BCUT2D eigenvalue weighted by Gasteiger charge is -2.26. The predicted molar refractivity (Wildman–Crippen MR) is 75.5 cm³/mol. The normalized spacial score (nSPS) is 15.7. The van der Waals surface area contributed by atoms with Gasteiger partial charge in [-0.1, -0.05) is 0 Å². The Morgan fingerprint density at radius 1 is 1.38 bits per heavy atom. The summed E-state index contributed by atoms with van der Waals surface area (Å²) in [6, 6.07) is 2.84. The number of amides is 1. The van der Waals surface area contributed by atoms with Crippen LogP contribution in [0.15, 0.2) is 12.1 Å². The highest BCUT2D eigenvalue weighted by molar-refractivity contribution is 5.94. The van der Waals surface area contributed by atoms with Crippen molar-refractivity contribution in [2.45, 2.75) is 6.92 Å². The largest absolute Gasteiger partial charge is 0.478 e. The van der Waals surface area contributed by atoms with Crippen molar-refractivity contribution in [3.05, 3.63) is 29.1 Å². The average molecular weight is 293 g/mol. The molecule has 7 heteroatoms. The van der Waals surface area contributed by atoms with Crippen LogP contribution in [0, 0.1) is 6.92 Å². The first-order valence-corrected chi connectivity index (χ1v) is 6.87. The van der Waals surface area contributed by atoms with Crippen LogP contribution in [0.5, 0.6) is 0 Å². The van der Waals surface area contributed by atoms with E-state index in [4.69, 9.17) is 9.84 Å². The van der Waals surface area contributed by atoms with E-state index in [-0.39, 0.29) is 17.2 Å². The summed E-state index contributed by atoms with van der Waals surface area (Å²) in [6.07, 6.45) is 0. The molecule has 1 aromatic heterocycles. The van der Waals surface area contributed by atoms with Gasteiger partial charge < -0.3 is 15.2 Å². The Balaban J connectivity index is 1.85. The van der Waals surface area contributed by atoms with E-state index in [1.807, 2.05) is 0 Å². The van der Waals surface area contributed by atoms with Gasteiger partial charge in [0.1, 0.15) is 5.69 Å². The Morgan fingerprint density at radius 2 is 2.10 bits per heavy atom. The van der Waals surface area contributed by atoms with Crippen molar-refractivity contribution in [1.29, 1.82) is 0 Å². The van der Waals surface area contributed by atoms with Gasteiger partial charge in [-0.05, 0) is 19.1 Å². The van der Waals surface area contributed by atoms with Crippen molar-refractivity contribution in [3.8, 4) is 0 Å². The molecular weight excluding hydrogens is 274 g/mol. The number of carbonyl (C=O) groups is 2. The van der Waals surface area contributed by atoms with Crippen LogP contribution in [0.3, 0.4) is 0 Å². The van der Waals surface area contributed by atoms with E-state index >= 15 is 0 Å². The van der Waals surface area contributed by atoms with Crippen molar-refractivity contribution in [3.63, 3.8) is 0 Å². The summed E-state index contributed by atoms with van der Waals surface area (Å²) >= 11 is 0. The molecule has 1 aliphatic heterocycles. The molecule has 1 aliphatic rings. The molecule has 0 aliphatic carbocycles. The lowest BCUT2D eigenvalue weighted by molar-refractivity contribution is 0.0383. The Morgan fingerprint density at radius 3 is 2.71 bits per heavy atom. The molecule has 1 fully saturated rings. The number of ether oxygens (including phenoxy) is 1. The van der Waals surface area contributed by atoms with Crippen LogP contribution in [0.2, 0.25) is 0 Å². The number of rotatable bonds is 5. The fraction of sp³-hybridized carbons (Fsp3) is 0.500. The molecule has 2 N–H and O–H groups in total. The zero-order chi connectivity index (χ0) is 15.2. The van der Waals surface area contributed by atoms with E-state index in [0.717, 1.165) is 32.8 Å². The van der Waals surface area contributed by atoms with Gasteiger partial charge in [0.2, 0.25) is 0 Å². The molecule has 0 aromatic carbocycles. The third kappa shape index (κ3) is 4.24.